The highest BCUT2D eigenvalue weighted by atomic mass is 16.3. The van der Waals surface area contributed by atoms with Crippen molar-refractivity contribution in [3.05, 3.63) is 0 Å². The monoisotopic (exact) mass is 254 g/mol. The first-order valence-electron chi connectivity index (χ1n) is 7.01. The molecule has 0 heterocycles. The van der Waals surface area contributed by atoms with Crippen LogP contribution >= 0.6 is 0 Å². The first-order valence-corrected chi connectivity index (χ1v) is 7.01. The molecule has 2 rings (SSSR count). The second-order valence-electron chi connectivity index (χ2n) is 7.57. The van der Waals surface area contributed by atoms with E-state index in [0.717, 1.165) is 25.5 Å². The lowest BCUT2D eigenvalue weighted by molar-refractivity contribution is -0.206. The Morgan fingerprint density at radius 1 is 1.17 bits per heavy atom. The summed E-state index contributed by atoms with van der Waals surface area (Å²) in [6.07, 6.45) is 3.76. The summed E-state index contributed by atoms with van der Waals surface area (Å²) in [5.41, 5.74) is -1.34. The van der Waals surface area contributed by atoms with Gasteiger partial charge >= 0.3 is 0 Å². The Bertz CT molecular complexity index is 348. The molecule has 18 heavy (non-hydrogen) atoms. The van der Waals surface area contributed by atoms with Crippen molar-refractivity contribution in [3.63, 3.8) is 0 Å². The predicted octanol–water partition coefficient (Wildman–Crippen LogP) is 2.15. The molecule has 0 radical (unpaired) electrons. The maximum Gasteiger partial charge on any atom is 0.126 e. The van der Waals surface area contributed by atoms with E-state index in [4.69, 9.17) is 0 Å². The van der Waals surface area contributed by atoms with Crippen LogP contribution in [-0.2, 0) is 4.79 Å². The van der Waals surface area contributed by atoms with Crippen LogP contribution in [0.5, 0.6) is 0 Å². The minimum atomic E-state index is -1.08. The van der Waals surface area contributed by atoms with Crippen LogP contribution in [0.15, 0.2) is 0 Å². The van der Waals surface area contributed by atoms with E-state index in [9.17, 15) is 15.0 Å². The number of hydrogen-bond acceptors (Lipinski definition) is 3. The predicted molar refractivity (Wildman–Crippen MR) is 70.0 cm³/mol. The first kappa shape index (κ1) is 14.0. The molecule has 0 aromatic heterocycles. The summed E-state index contributed by atoms with van der Waals surface area (Å²) >= 11 is 0. The van der Waals surface area contributed by atoms with Crippen LogP contribution in [0.1, 0.15) is 53.4 Å². The van der Waals surface area contributed by atoms with Gasteiger partial charge in [0.2, 0.25) is 0 Å². The maximum absolute atomic E-state index is 11.5. The fraction of sp³-hybridized carbons (Fsp3) is 0.933. The maximum atomic E-state index is 11.5. The van der Waals surface area contributed by atoms with Gasteiger partial charge in [-0.1, -0.05) is 27.2 Å². The van der Waals surface area contributed by atoms with E-state index in [0.29, 0.717) is 6.42 Å². The topological polar surface area (TPSA) is 57.5 Å². The molecule has 2 fully saturated rings. The lowest BCUT2D eigenvalue weighted by Gasteiger charge is -2.61. The van der Waals surface area contributed by atoms with E-state index in [-0.39, 0.29) is 22.7 Å². The molecule has 2 aliphatic rings. The Labute approximate surface area is 110 Å². The van der Waals surface area contributed by atoms with Crippen LogP contribution < -0.4 is 0 Å². The normalized spacial score (nSPS) is 51.6. The highest BCUT2D eigenvalue weighted by Gasteiger charge is 2.61. The second kappa shape index (κ2) is 4.04. The van der Waals surface area contributed by atoms with E-state index in [1.807, 2.05) is 0 Å². The lowest BCUT2D eigenvalue weighted by atomic mass is 9.45. The van der Waals surface area contributed by atoms with E-state index in [2.05, 4.69) is 20.8 Å². The zero-order valence-corrected chi connectivity index (χ0v) is 11.9. The summed E-state index contributed by atoms with van der Waals surface area (Å²) < 4.78 is 0. The van der Waals surface area contributed by atoms with Gasteiger partial charge in [-0.05, 0) is 36.5 Å². The molecule has 0 spiro atoms. The standard InChI is InChI=1S/C15H26O3/c1-13(2)6-5-7-14(3)11(9-16)15(4,18)8-10(17)12(13)14/h9-12,17-18H,5-8H2,1-4H3/t10-,11+,12-,14+,15-/m0/s1. The number of carbonyl (C=O) groups is 1. The van der Waals surface area contributed by atoms with Crippen molar-refractivity contribution in [2.75, 3.05) is 0 Å². The minimum Gasteiger partial charge on any atom is -0.393 e. The van der Waals surface area contributed by atoms with E-state index < -0.39 is 11.7 Å². The van der Waals surface area contributed by atoms with Gasteiger partial charge in [0.1, 0.15) is 6.29 Å². The Hall–Kier alpha value is -0.410. The Kier molecular flexibility index (Phi) is 3.14. The molecule has 0 amide bonds. The average molecular weight is 254 g/mol. The molecule has 0 aliphatic heterocycles. The fourth-order valence-corrected chi connectivity index (χ4v) is 5.12. The number of fused-ring (bicyclic) bond motifs is 1. The highest BCUT2D eigenvalue weighted by molar-refractivity contribution is 5.58. The summed E-state index contributed by atoms with van der Waals surface area (Å²) in [5.74, 6) is -0.285. The summed E-state index contributed by atoms with van der Waals surface area (Å²) in [7, 11) is 0. The molecule has 0 aromatic carbocycles. The third-order valence-corrected chi connectivity index (χ3v) is 5.61. The quantitative estimate of drug-likeness (QED) is 0.705. The van der Waals surface area contributed by atoms with Crippen molar-refractivity contribution in [1.29, 1.82) is 0 Å². The van der Waals surface area contributed by atoms with Crippen molar-refractivity contribution in [1.82, 2.24) is 0 Å². The number of aliphatic hydroxyl groups is 2. The van der Waals surface area contributed by atoms with Crippen molar-refractivity contribution < 1.29 is 15.0 Å². The van der Waals surface area contributed by atoms with Crippen LogP contribution in [0, 0.1) is 22.7 Å². The molecule has 0 aromatic rings. The highest BCUT2D eigenvalue weighted by Crippen LogP contribution is 2.61. The third-order valence-electron chi connectivity index (χ3n) is 5.61. The number of carbonyl (C=O) groups excluding carboxylic acids is 1. The molecule has 104 valence electrons. The van der Waals surface area contributed by atoms with Gasteiger partial charge in [0.15, 0.2) is 0 Å². The van der Waals surface area contributed by atoms with Gasteiger partial charge in [0.25, 0.3) is 0 Å². The van der Waals surface area contributed by atoms with Gasteiger partial charge < -0.3 is 15.0 Å². The molecule has 0 unspecified atom stereocenters. The molecule has 3 heteroatoms. The van der Waals surface area contributed by atoms with Gasteiger partial charge in [-0.15, -0.1) is 0 Å². The largest absolute Gasteiger partial charge is 0.393 e. The van der Waals surface area contributed by atoms with Crippen molar-refractivity contribution >= 4 is 6.29 Å². The van der Waals surface area contributed by atoms with Crippen molar-refractivity contribution in [2.45, 2.75) is 65.1 Å². The van der Waals surface area contributed by atoms with Crippen LogP contribution in [0.4, 0.5) is 0 Å². The summed E-state index contributed by atoms with van der Waals surface area (Å²) in [4.78, 5) is 11.5. The van der Waals surface area contributed by atoms with Crippen LogP contribution in [0.3, 0.4) is 0 Å². The first-order chi connectivity index (χ1) is 8.15. The summed E-state index contributed by atoms with van der Waals surface area (Å²) in [6.45, 7) is 8.13. The van der Waals surface area contributed by atoms with Gasteiger partial charge in [0.05, 0.1) is 11.7 Å². The number of aldehydes is 1. The molecule has 2 aliphatic carbocycles. The number of rotatable bonds is 1. The molecule has 0 saturated heterocycles. The van der Waals surface area contributed by atoms with Crippen LogP contribution in [0.2, 0.25) is 0 Å². The SMILES string of the molecule is CC1(C)CCC[C@]2(C)[C@@H](C=O)[C@@](C)(O)C[C@H](O)[C@@H]12. The van der Waals surface area contributed by atoms with Gasteiger partial charge in [-0.2, -0.15) is 0 Å². The fourth-order valence-electron chi connectivity index (χ4n) is 5.12. The Balaban J connectivity index is 2.48. The molecule has 3 nitrogen and oxygen atoms in total. The van der Waals surface area contributed by atoms with Gasteiger partial charge in [-0.3, -0.25) is 0 Å². The lowest BCUT2D eigenvalue weighted by Crippen LogP contribution is -2.63. The van der Waals surface area contributed by atoms with Gasteiger partial charge in [0, 0.05) is 12.3 Å². The Morgan fingerprint density at radius 3 is 2.33 bits per heavy atom. The van der Waals surface area contributed by atoms with Crippen molar-refractivity contribution in [3.8, 4) is 0 Å². The van der Waals surface area contributed by atoms with Gasteiger partial charge in [-0.25, -0.2) is 0 Å². The smallest absolute Gasteiger partial charge is 0.126 e. The number of hydrogen-bond donors (Lipinski definition) is 2. The zero-order chi connectivity index (χ0) is 13.8. The molecular weight excluding hydrogens is 228 g/mol. The minimum absolute atomic E-state index is 0.0319. The van der Waals surface area contributed by atoms with Crippen LogP contribution in [0.25, 0.3) is 0 Å². The van der Waals surface area contributed by atoms with E-state index in [1.165, 1.54) is 0 Å². The third kappa shape index (κ3) is 1.83. The van der Waals surface area contributed by atoms with Crippen LogP contribution in [-0.4, -0.2) is 28.2 Å². The van der Waals surface area contributed by atoms with E-state index >= 15 is 0 Å². The molecule has 2 saturated carbocycles. The molecular formula is C15H26O3. The summed E-state index contributed by atoms with van der Waals surface area (Å²) in [6, 6.07) is 0. The zero-order valence-electron chi connectivity index (χ0n) is 11.9. The molecule has 0 bridgehead atoms. The second-order valence-corrected chi connectivity index (χ2v) is 7.57. The van der Waals surface area contributed by atoms with Crippen molar-refractivity contribution in [2.24, 2.45) is 22.7 Å². The average Bonchev–Trinajstić information content (AvgIpc) is 2.12. The number of aliphatic hydroxyl groups excluding tert-OH is 1. The van der Waals surface area contributed by atoms with E-state index in [1.54, 1.807) is 6.92 Å². The Morgan fingerprint density at radius 2 is 1.78 bits per heavy atom. The molecule has 2 N–H and O–H groups in total. The summed E-state index contributed by atoms with van der Waals surface area (Å²) in [5, 5.41) is 21.0. The molecule has 5 atom stereocenters.